The molecule has 0 fully saturated rings. The average Bonchev–Trinajstić information content (AvgIpc) is 2.82. The molecule has 0 saturated carbocycles. The first-order valence-electron chi connectivity index (χ1n) is 6.81. The van der Waals surface area contributed by atoms with E-state index < -0.39 is 6.10 Å². The van der Waals surface area contributed by atoms with Crippen molar-refractivity contribution in [1.82, 2.24) is 0 Å². The monoisotopic (exact) mass is 253 g/mol. The van der Waals surface area contributed by atoms with Crippen LogP contribution in [0.3, 0.4) is 0 Å². The maximum Gasteiger partial charge on any atom is 0.0964 e. The molecular formula is C17H19NO. The lowest BCUT2D eigenvalue weighted by molar-refractivity contribution is 0.184. The van der Waals surface area contributed by atoms with Crippen molar-refractivity contribution in [3.8, 4) is 0 Å². The topological polar surface area (TPSA) is 23.5 Å². The number of aliphatic hydroxyl groups excluding tert-OH is 1. The van der Waals surface area contributed by atoms with Crippen LogP contribution in [-0.2, 0) is 6.42 Å². The van der Waals surface area contributed by atoms with Gasteiger partial charge < -0.3 is 10.0 Å². The highest BCUT2D eigenvalue weighted by molar-refractivity contribution is 5.58. The number of aryl methyl sites for hydroxylation is 1. The summed E-state index contributed by atoms with van der Waals surface area (Å²) in [4.78, 5) is 2.28. The summed E-state index contributed by atoms with van der Waals surface area (Å²) in [5, 5.41) is 10.4. The number of β-amino-alcohol motifs (C(OH)–C–C–N with tert-alkyl or cyclic N) is 1. The third-order valence-electron chi connectivity index (χ3n) is 3.80. The van der Waals surface area contributed by atoms with Gasteiger partial charge in [-0.2, -0.15) is 0 Å². The second-order valence-corrected chi connectivity index (χ2v) is 5.25. The molecular weight excluding hydrogens is 234 g/mol. The number of anilines is 1. The zero-order valence-electron chi connectivity index (χ0n) is 11.2. The number of para-hydroxylation sites is 1. The summed E-state index contributed by atoms with van der Waals surface area (Å²) in [6.07, 6.45) is 0.655. The van der Waals surface area contributed by atoms with Gasteiger partial charge in [-0.25, -0.2) is 0 Å². The molecule has 98 valence electrons. The fourth-order valence-corrected chi connectivity index (χ4v) is 2.79. The number of aliphatic hydroxyl groups is 1. The predicted molar refractivity (Wildman–Crippen MR) is 78.5 cm³/mol. The van der Waals surface area contributed by atoms with E-state index in [2.05, 4.69) is 48.2 Å². The van der Waals surface area contributed by atoms with Crippen LogP contribution in [0, 0.1) is 6.92 Å². The molecule has 0 saturated heterocycles. The summed E-state index contributed by atoms with van der Waals surface area (Å²) in [6, 6.07) is 16.6. The third kappa shape index (κ3) is 2.49. The van der Waals surface area contributed by atoms with Crippen LogP contribution in [0.5, 0.6) is 0 Å². The fraction of sp³-hybridized carbons (Fsp3) is 0.294. The van der Waals surface area contributed by atoms with E-state index in [1.807, 2.05) is 12.1 Å². The minimum atomic E-state index is -0.425. The first-order chi connectivity index (χ1) is 9.24. The number of hydrogen-bond acceptors (Lipinski definition) is 2. The van der Waals surface area contributed by atoms with E-state index >= 15 is 0 Å². The summed E-state index contributed by atoms with van der Waals surface area (Å²) < 4.78 is 0. The minimum Gasteiger partial charge on any atom is -0.387 e. The Bertz CT molecular complexity index is 579. The molecule has 1 N–H and O–H groups in total. The summed E-state index contributed by atoms with van der Waals surface area (Å²) in [6.45, 7) is 3.73. The Morgan fingerprint density at radius 2 is 2.00 bits per heavy atom. The number of hydrogen-bond donors (Lipinski definition) is 1. The molecule has 2 aromatic carbocycles. The second-order valence-electron chi connectivity index (χ2n) is 5.25. The standard InChI is InChI=1S/C17H19NO/c1-13-5-4-7-15(11-13)17(19)12-18-10-9-14-6-2-3-8-16(14)18/h2-8,11,17,19H,9-10,12H2,1H3. The van der Waals surface area contributed by atoms with Gasteiger partial charge in [-0.15, -0.1) is 0 Å². The highest BCUT2D eigenvalue weighted by Crippen LogP contribution is 2.29. The Labute approximate surface area is 114 Å². The van der Waals surface area contributed by atoms with Gasteiger partial charge in [0, 0.05) is 18.8 Å². The Morgan fingerprint density at radius 3 is 2.84 bits per heavy atom. The molecule has 1 heterocycles. The fourth-order valence-electron chi connectivity index (χ4n) is 2.79. The van der Waals surface area contributed by atoms with Crippen molar-refractivity contribution < 1.29 is 5.11 Å². The Kier molecular flexibility index (Phi) is 3.26. The lowest BCUT2D eigenvalue weighted by Crippen LogP contribution is -2.26. The second kappa shape index (κ2) is 5.06. The molecule has 1 atom stereocenters. The SMILES string of the molecule is Cc1cccc(C(O)CN2CCc3ccccc32)c1. The van der Waals surface area contributed by atoms with E-state index in [4.69, 9.17) is 0 Å². The molecule has 1 unspecified atom stereocenters. The van der Waals surface area contributed by atoms with E-state index in [1.54, 1.807) is 0 Å². The molecule has 3 rings (SSSR count). The molecule has 0 bridgehead atoms. The van der Waals surface area contributed by atoms with Gasteiger partial charge in [-0.05, 0) is 30.5 Å². The maximum absolute atomic E-state index is 10.4. The van der Waals surface area contributed by atoms with Gasteiger partial charge in [0.05, 0.1) is 6.10 Å². The normalized spacial score (nSPS) is 15.4. The number of benzene rings is 2. The number of nitrogens with zero attached hydrogens (tertiary/aromatic N) is 1. The van der Waals surface area contributed by atoms with Crippen molar-refractivity contribution >= 4 is 5.69 Å². The predicted octanol–water partition coefficient (Wildman–Crippen LogP) is 3.09. The maximum atomic E-state index is 10.4. The van der Waals surface area contributed by atoms with Gasteiger partial charge in [0.15, 0.2) is 0 Å². The number of fused-ring (bicyclic) bond motifs is 1. The van der Waals surface area contributed by atoms with Gasteiger partial charge >= 0.3 is 0 Å². The molecule has 0 spiro atoms. The van der Waals surface area contributed by atoms with Crippen LogP contribution in [-0.4, -0.2) is 18.2 Å². The summed E-state index contributed by atoms with van der Waals surface area (Å²) in [5.41, 5.74) is 4.86. The summed E-state index contributed by atoms with van der Waals surface area (Å²) in [5.74, 6) is 0. The summed E-state index contributed by atoms with van der Waals surface area (Å²) in [7, 11) is 0. The number of rotatable bonds is 3. The molecule has 0 aliphatic carbocycles. The van der Waals surface area contributed by atoms with Crippen LogP contribution < -0.4 is 4.90 Å². The van der Waals surface area contributed by atoms with Crippen LogP contribution in [0.25, 0.3) is 0 Å². The van der Waals surface area contributed by atoms with Crippen molar-refractivity contribution in [3.05, 3.63) is 65.2 Å². The smallest absolute Gasteiger partial charge is 0.0964 e. The quantitative estimate of drug-likeness (QED) is 0.908. The van der Waals surface area contributed by atoms with Crippen LogP contribution in [0.1, 0.15) is 22.8 Å². The molecule has 2 nitrogen and oxygen atoms in total. The van der Waals surface area contributed by atoms with Crippen molar-refractivity contribution in [1.29, 1.82) is 0 Å². The largest absolute Gasteiger partial charge is 0.387 e. The molecule has 0 amide bonds. The van der Waals surface area contributed by atoms with Gasteiger partial charge in [-0.3, -0.25) is 0 Å². The van der Waals surface area contributed by atoms with Gasteiger partial charge in [0.2, 0.25) is 0 Å². The van der Waals surface area contributed by atoms with Crippen molar-refractivity contribution in [2.24, 2.45) is 0 Å². The van der Waals surface area contributed by atoms with E-state index in [0.29, 0.717) is 6.54 Å². The molecule has 2 aromatic rings. The highest BCUT2D eigenvalue weighted by Gasteiger charge is 2.21. The first-order valence-corrected chi connectivity index (χ1v) is 6.81. The molecule has 0 radical (unpaired) electrons. The van der Waals surface area contributed by atoms with Gasteiger partial charge in [0.25, 0.3) is 0 Å². The van der Waals surface area contributed by atoms with E-state index in [0.717, 1.165) is 18.5 Å². The summed E-state index contributed by atoms with van der Waals surface area (Å²) >= 11 is 0. The molecule has 2 heteroatoms. The van der Waals surface area contributed by atoms with Crippen LogP contribution in [0.4, 0.5) is 5.69 Å². The van der Waals surface area contributed by atoms with Crippen LogP contribution in [0.2, 0.25) is 0 Å². The lowest BCUT2D eigenvalue weighted by atomic mass is 10.1. The lowest BCUT2D eigenvalue weighted by Gasteiger charge is -2.23. The minimum absolute atomic E-state index is 0.425. The average molecular weight is 253 g/mol. The van der Waals surface area contributed by atoms with Crippen molar-refractivity contribution in [2.45, 2.75) is 19.4 Å². The van der Waals surface area contributed by atoms with Crippen LogP contribution >= 0.6 is 0 Å². The molecule has 1 aliphatic rings. The molecule has 1 aliphatic heterocycles. The van der Waals surface area contributed by atoms with E-state index in [1.165, 1.54) is 16.8 Å². The Balaban J connectivity index is 1.76. The van der Waals surface area contributed by atoms with Crippen molar-refractivity contribution in [3.63, 3.8) is 0 Å². The van der Waals surface area contributed by atoms with Crippen molar-refractivity contribution in [2.75, 3.05) is 18.0 Å². The van der Waals surface area contributed by atoms with Gasteiger partial charge in [-0.1, -0.05) is 48.0 Å². The molecule has 0 aromatic heterocycles. The highest BCUT2D eigenvalue weighted by atomic mass is 16.3. The third-order valence-corrected chi connectivity index (χ3v) is 3.80. The Morgan fingerprint density at radius 1 is 1.16 bits per heavy atom. The zero-order chi connectivity index (χ0) is 13.2. The molecule has 19 heavy (non-hydrogen) atoms. The van der Waals surface area contributed by atoms with E-state index in [9.17, 15) is 5.11 Å². The van der Waals surface area contributed by atoms with Gasteiger partial charge in [0.1, 0.15) is 0 Å². The Hall–Kier alpha value is -1.80. The zero-order valence-corrected chi connectivity index (χ0v) is 11.2. The first kappa shape index (κ1) is 12.2. The van der Waals surface area contributed by atoms with E-state index in [-0.39, 0.29) is 0 Å². The van der Waals surface area contributed by atoms with Crippen LogP contribution in [0.15, 0.2) is 48.5 Å².